The topological polar surface area (TPSA) is 187 Å². The number of hydrogen-bond acceptors (Lipinski definition) is 14. The lowest BCUT2D eigenvalue weighted by Gasteiger charge is -2.47. The average molecular weight is 1300 g/mol. The molecule has 3 amide bonds. The van der Waals surface area contributed by atoms with E-state index in [1.807, 2.05) is 77.4 Å². The SMILES string of the molecule is [C-]#[N+]c1c2c(nn1CCCC(=O)CCOCCOCCOCCOCCN1CCN(C(=O)N3C(c4ccc(C(C)(C)C)cc4OCC)=N[C@@](C)(c4ccc(Cl)cc4)[C@@]3(C)c3ccc(Cl)cc3)CC1)CN(C)C(=O)c1ccc(F)cc1[C@H]1CCCN1c1cc-2cnc1N. The number of amides is 3. The highest BCUT2D eigenvalue weighted by molar-refractivity contribution is 6.30. The quantitative estimate of drug-likeness (QED) is 0.0446. The molecule has 2 bridgehead atoms. The zero-order chi connectivity index (χ0) is 65.3. The molecular formula is C70H84Cl2FN11O8. The van der Waals surface area contributed by atoms with Gasteiger partial charge in [0.1, 0.15) is 45.8 Å². The fourth-order valence-electron chi connectivity index (χ4n) is 12.9. The van der Waals surface area contributed by atoms with Gasteiger partial charge in [-0.15, -0.1) is 5.10 Å². The van der Waals surface area contributed by atoms with E-state index in [1.54, 1.807) is 17.9 Å². The number of carbonyl (C=O) groups excluding carboxylic acids is 3. The Labute approximate surface area is 549 Å². The van der Waals surface area contributed by atoms with Gasteiger partial charge >= 0.3 is 6.03 Å². The molecule has 0 unspecified atom stereocenters. The molecule has 2 aromatic heterocycles. The minimum absolute atomic E-state index is 0.0237. The van der Waals surface area contributed by atoms with E-state index in [9.17, 15) is 14.0 Å². The first-order chi connectivity index (χ1) is 44.2. The lowest BCUT2D eigenvalue weighted by Crippen LogP contribution is -2.60. The smallest absolute Gasteiger partial charge is 0.326 e. The molecule has 4 aromatic carbocycles. The number of aryl methyl sites for hydroxylation is 1. The molecule has 488 valence electrons. The molecule has 22 heteroatoms. The van der Waals surface area contributed by atoms with E-state index < -0.39 is 16.9 Å². The Morgan fingerprint density at radius 2 is 1.43 bits per heavy atom. The van der Waals surface area contributed by atoms with Crippen molar-refractivity contribution in [2.24, 2.45) is 4.99 Å². The van der Waals surface area contributed by atoms with Crippen LogP contribution in [0.2, 0.25) is 10.0 Å². The van der Waals surface area contributed by atoms with Gasteiger partial charge in [0.2, 0.25) is 0 Å². The van der Waals surface area contributed by atoms with Crippen molar-refractivity contribution < 1.29 is 42.5 Å². The van der Waals surface area contributed by atoms with Crippen molar-refractivity contribution >= 4 is 64.1 Å². The summed E-state index contributed by atoms with van der Waals surface area (Å²) in [6, 6.07) is 27.4. The van der Waals surface area contributed by atoms with Crippen molar-refractivity contribution in [3.05, 3.63) is 164 Å². The highest BCUT2D eigenvalue weighted by atomic mass is 35.5. The molecule has 6 heterocycles. The molecule has 3 atom stereocenters. The van der Waals surface area contributed by atoms with Crippen molar-refractivity contribution in [2.75, 3.05) is 116 Å². The van der Waals surface area contributed by atoms with E-state index >= 15 is 4.79 Å². The number of halogens is 3. The number of nitrogen functional groups attached to an aromatic ring is 1. The monoisotopic (exact) mass is 1300 g/mol. The van der Waals surface area contributed by atoms with Gasteiger partial charge in [-0.05, 0) is 134 Å². The summed E-state index contributed by atoms with van der Waals surface area (Å²) in [7, 11) is 1.67. The predicted molar refractivity (Wildman–Crippen MR) is 355 cm³/mol. The van der Waals surface area contributed by atoms with Gasteiger partial charge in [-0.1, -0.05) is 80.9 Å². The Kier molecular flexibility index (Phi) is 21.7. The standard InChI is InChI=1S/C70H84Cl2FN11O8/c1-9-92-61-43-50(68(2,3)4)18-24-56(61)64-77-69(5,48-14-19-51(71)20-15-48)70(6,49-16-21-52(72)22-17-49)84(64)67(87)81-31-29-80(30-32-81)33-35-89-37-39-91-41-40-90-38-36-88-34-26-54(85)12-10-28-83-65(75-7)62-47-42-60(63(74)76-45-47)82-27-11-13-59(82)57-44-53(73)23-25-55(57)66(86)79(8)46-58(62)78-83/h14-25,42-45,59H,9-13,26-41,46H2,1-6,8H3,(H2,74,76)/t59-,69+,70-/m1/s1. The number of amidine groups is 1. The van der Waals surface area contributed by atoms with Crippen LogP contribution in [0.5, 0.6) is 5.75 Å². The number of nitrogens with two attached hydrogens (primary N) is 1. The van der Waals surface area contributed by atoms with E-state index in [-0.39, 0.29) is 61.0 Å². The van der Waals surface area contributed by atoms with Crippen LogP contribution in [0.4, 0.5) is 26.5 Å². The number of fused-ring (bicyclic) bond motifs is 8. The van der Waals surface area contributed by atoms with Gasteiger partial charge in [0.15, 0.2) is 0 Å². The van der Waals surface area contributed by atoms with Gasteiger partial charge in [-0.25, -0.2) is 14.2 Å². The summed E-state index contributed by atoms with van der Waals surface area (Å²) >= 11 is 13.0. The maximum absolute atomic E-state index is 15.5. The summed E-state index contributed by atoms with van der Waals surface area (Å²) in [4.78, 5) is 66.3. The van der Waals surface area contributed by atoms with Gasteiger partial charge in [0, 0.05) is 86.5 Å². The fourth-order valence-corrected chi connectivity index (χ4v) is 13.2. The first-order valence-corrected chi connectivity index (χ1v) is 32.6. The summed E-state index contributed by atoms with van der Waals surface area (Å²) in [6.45, 7) is 28.4. The van der Waals surface area contributed by atoms with E-state index in [0.717, 1.165) is 28.7 Å². The Morgan fingerprint density at radius 3 is 2.09 bits per heavy atom. The van der Waals surface area contributed by atoms with Crippen LogP contribution in [-0.2, 0) is 53.3 Å². The van der Waals surface area contributed by atoms with Crippen molar-refractivity contribution in [1.82, 2.24) is 34.4 Å². The first kappa shape index (κ1) is 67.4. The third-order valence-corrected chi connectivity index (χ3v) is 18.7. The van der Waals surface area contributed by atoms with Crippen molar-refractivity contribution in [2.45, 2.75) is 109 Å². The number of rotatable bonds is 24. The zero-order valence-corrected chi connectivity index (χ0v) is 55.3. The van der Waals surface area contributed by atoms with Gasteiger partial charge < -0.3 is 49.0 Å². The maximum atomic E-state index is 15.5. The van der Waals surface area contributed by atoms with E-state index in [2.05, 4.69) is 66.4 Å². The lowest BCUT2D eigenvalue weighted by atomic mass is 9.71. The fraction of sp³-hybridized carbons (Fsp3) is 0.471. The highest BCUT2D eigenvalue weighted by Crippen LogP contribution is 2.54. The number of ether oxygens (including phenoxy) is 5. The van der Waals surface area contributed by atoms with E-state index in [0.29, 0.717) is 173 Å². The summed E-state index contributed by atoms with van der Waals surface area (Å²) in [5, 5.41) is 6.04. The van der Waals surface area contributed by atoms with Gasteiger partial charge in [0.25, 0.3) is 11.7 Å². The van der Waals surface area contributed by atoms with Crippen molar-refractivity contribution in [3.8, 4) is 16.9 Å². The van der Waals surface area contributed by atoms with Crippen LogP contribution in [0.25, 0.3) is 16.0 Å². The molecule has 6 aromatic rings. The second kappa shape index (κ2) is 29.6. The molecule has 4 aliphatic rings. The summed E-state index contributed by atoms with van der Waals surface area (Å²) < 4.78 is 45.9. The minimum atomic E-state index is -1.03. The molecule has 0 radical (unpaired) electrons. The third-order valence-electron chi connectivity index (χ3n) is 18.2. The van der Waals surface area contributed by atoms with Crippen LogP contribution >= 0.6 is 23.2 Å². The summed E-state index contributed by atoms with van der Waals surface area (Å²) in [5.41, 5.74) is 11.3. The number of urea groups is 1. The van der Waals surface area contributed by atoms with Crippen molar-refractivity contribution in [1.29, 1.82) is 0 Å². The number of piperazine rings is 1. The van der Waals surface area contributed by atoms with Crippen molar-refractivity contribution in [3.63, 3.8) is 0 Å². The number of anilines is 2. The number of carbonyl (C=O) groups is 3. The number of benzene rings is 4. The molecule has 0 aliphatic carbocycles. The van der Waals surface area contributed by atoms with Gasteiger partial charge in [0.05, 0.1) is 89.8 Å². The van der Waals surface area contributed by atoms with Crippen LogP contribution in [0, 0.1) is 12.4 Å². The Bertz CT molecular complexity index is 3680. The second-order valence-electron chi connectivity index (χ2n) is 25.1. The Morgan fingerprint density at radius 1 is 0.793 bits per heavy atom. The number of nitrogens with zero attached hydrogens (tertiary/aromatic N) is 10. The Hall–Kier alpha value is -7.48. The van der Waals surface area contributed by atoms with Crippen LogP contribution in [0.15, 0.2) is 102 Å². The number of Topliss-reactive ketones (excluding diaryl/α,β-unsaturated/α-hetero) is 1. The average Bonchev–Trinajstić information content (AvgIpc) is 1.52. The molecule has 2 fully saturated rings. The molecule has 0 saturated carbocycles. The number of pyridine rings is 1. The molecule has 19 nitrogen and oxygen atoms in total. The van der Waals surface area contributed by atoms with E-state index in [4.69, 9.17) is 69.3 Å². The molecule has 10 rings (SSSR count). The Balaban J connectivity index is 0.637. The van der Waals surface area contributed by atoms with Gasteiger partial charge in [-0.3, -0.25) is 24.4 Å². The number of aromatic nitrogens is 3. The van der Waals surface area contributed by atoms with Crippen LogP contribution < -0.4 is 15.4 Å². The predicted octanol–water partition coefficient (Wildman–Crippen LogP) is 12.3. The summed E-state index contributed by atoms with van der Waals surface area (Å²) in [6.07, 6.45) is 4.07. The maximum Gasteiger partial charge on any atom is 0.326 e. The molecule has 0 spiro atoms. The van der Waals surface area contributed by atoms with Crippen LogP contribution in [0.1, 0.15) is 124 Å². The zero-order valence-electron chi connectivity index (χ0n) is 53.8. The number of aliphatic imine (C=N–C) groups is 1. The number of hydrogen-bond donors (Lipinski definition) is 1. The van der Waals surface area contributed by atoms with Crippen LogP contribution in [0.3, 0.4) is 0 Å². The lowest BCUT2D eigenvalue weighted by molar-refractivity contribution is -0.120. The highest BCUT2D eigenvalue weighted by Gasteiger charge is 2.60. The summed E-state index contributed by atoms with van der Waals surface area (Å²) in [5.74, 6) is 1.08. The first-order valence-electron chi connectivity index (χ1n) is 31.8. The van der Waals surface area contributed by atoms with Gasteiger partial charge in [-0.2, -0.15) is 4.68 Å². The number of ketones is 1. The minimum Gasteiger partial charge on any atom is -0.493 e. The molecular weight excluding hydrogens is 1210 g/mol. The third kappa shape index (κ3) is 14.6. The molecule has 2 N–H and O–H groups in total. The second-order valence-corrected chi connectivity index (χ2v) is 26.0. The van der Waals surface area contributed by atoms with Crippen LogP contribution in [-0.4, -0.2) is 164 Å². The van der Waals surface area contributed by atoms with E-state index in [1.165, 1.54) is 23.1 Å². The normalized spacial score (nSPS) is 19.2. The largest absolute Gasteiger partial charge is 0.493 e. The molecule has 4 aliphatic heterocycles. The molecule has 92 heavy (non-hydrogen) atoms. The molecule has 2 saturated heterocycles.